The fourth-order valence-corrected chi connectivity index (χ4v) is 3.65. The molecule has 2 atom stereocenters. The van der Waals surface area contributed by atoms with Gasteiger partial charge in [-0.15, -0.1) is 0 Å². The van der Waals surface area contributed by atoms with Gasteiger partial charge in [0.25, 0.3) is 11.4 Å². The van der Waals surface area contributed by atoms with Crippen LogP contribution in [0.5, 0.6) is 11.5 Å². The molecule has 216 valence electrons. The lowest BCUT2D eigenvalue weighted by Gasteiger charge is -2.14. The van der Waals surface area contributed by atoms with E-state index in [0.29, 0.717) is 12.8 Å². The summed E-state index contributed by atoms with van der Waals surface area (Å²) in [6, 6.07) is 3.35. The van der Waals surface area contributed by atoms with E-state index in [1.54, 1.807) is 12.2 Å². The highest BCUT2D eigenvalue weighted by atomic mass is 35.5. The van der Waals surface area contributed by atoms with Gasteiger partial charge >= 0.3 is 11.9 Å². The fourth-order valence-electron chi connectivity index (χ4n) is 3.19. The summed E-state index contributed by atoms with van der Waals surface area (Å²) >= 11 is 12.1. The molecule has 0 aliphatic heterocycles. The number of rotatable bonds is 14. The van der Waals surface area contributed by atoms with Crippen molar-refractivity contribution in [3.05, 3.63) is 77.8 Å². The van der Waals surface area contributed by atoms with Gasteiger partial charge in [0.15, 0.2) is 10.0 Å². The summed E-state index contributed by atoms with van der Waals surface area (Å²) in [6.07, 6.45) is 4.14. The van der Waals surface area contributed by atoms with E-state index in [1.807, 2.05) is 0 Å². The average Bonchev–Trinajstić information content (AvgIpc) is 2.92. The van der Waals surface area contributed by atoms with Crippen molar-refractivity contribution < 1.29 is 38.4 Å². The summed E-state index contributed by atoms with van der Waals surface area (Å²) < 4.78 is 20.2. The molecule has 0 fully saturated rings. The molecule has 14 nitrogen and oxygen atoms in total. The van der Waals surface area contributed by atoms with Crippen molar-refractivity contribution in [2.45, 2.75) is 24.9 Å². The number of carbonyl (C=O) groups excluding carboxylic acids is 2. The molecule has 16 heteroatoms. The van der Waals surface area contributed by atoms with Gasteiger partial charge in [-0.25, -0.2) is 9.59 Å². The van der Waals surface area contributed by atoms with Crippen molar-refractivity contribution in [1.82, 2.24) is 0 Å². The fraction of sp³-hybridized carbons (Fsp3) is 0.333. The highest BCUT2D eigenvalue weighted by molar-refractivity contribution is 6.34. The van der Waals surface area contributed by atoms with Crippen LogP contribution in [0.25, 0.3) is 0 Å². The molecule has 4 N–H and O–H groups in total. The quantitative estimate of drug-likeness (QED) is 0.137. The molecule has 40 heavy (non-hydrogen) atoms. The van der Waals surface area contributed by atoms with Gasteiger partial charge in [0.1, 0.15) is 24.7 Å². The molecule has 2 rings (SSSR count). The van der Waals surface area contributed by atoms with Crippen molar-refractivity contribution in [3.8, 4) is 11.5 Å². The van der Waals surface area contributed by atoms with Crippen LogP contribution < -0.4 is 20.9 Å². The molecule has 0 bridgehead atoms. The van der Waals surface area contributed by atoms with Crippen LogP contribution in [0.3, 0.4) is 0 Å². The molecule has 0 saturated carbocycles. The topological polar surface area (TPSA) is 209 Å². The molecule has 0 aliphatic carbocycles. The molecule has 0 spiro atoms. The maximum absolute atomic E-state index is 11.8. The van der Waals surface area contributed by atoms with Gasteiger partial charge in [-0.05, 0) is 25.0 Å². The summed E-state index contributed by atoms with van der Waals surface area (Å²) in [4.78, 5) is 44.6. The molecule has 2 aromatic rings. The highest BCUT2D eigenvalue weighted by Crippen LogP contribution is 2.36. The smallest absolute Gasteiger partial charge is 0.338 e. The summed E-state index contributed by atoms with van der Waals surface area (Å²) in [7, 11) is 2.26. The van der Waals surface area contributed by atoms with Crippen LogP contribution in [0.15, 0.2) is 36.4 Å². The first kappa shape index (κ1) is 32.2. The van der Waals surface area contributed by atoms with E-state index in [2.05, 4.69) is 9.47 Å². The van der Waals surface area contributed by atoms with Gasteiger partial charge in [0, 0.05) is 24.2 Å². The zero-order valence-corrected chi connectivity index (χ0v) is 22.8. The van der Waals surface area contributed by atoms with E-state index in [9.17, 15) is 29.8 Å². The number of halogens is 2. The standard InChI is InChI=1S/C24H26Cl2N4O10/c1-37-23(31)13-7-17(29(33)34)21(25)19(9-13)39-11-15(27)5-3-4-6-16(28)12-40-20-10-14(24(32)38-2)8-18(22(20)26)30(35)36/h3-4,7-10,15-16H,5-6,11-12,27-28H2,1-2H3/b4-3-/t15-,16-/m0/s1. The second-order valence-corrected chi connectivity index (χ2v) is 8.95. The van der Waals surface area contributed by atoms with Crippen LogP contribution in [0.1, 0.15) is 33.6 Å². The third-order valence-corrected chi connectivity index (χ3v) is 5.99. The van der Waals surface area contributed by atoms with E-state index in [0.717, 1.165) is 26.4 Å². The van der Waals surface area contributed by atoms with Crippen molar-refractivity contribution in [3.63, 3.8) is 0 Å². The minimum atomic E-state index is -0.797. The van der Waals surface area contributed by atoms with Crippen molar-refractivity contribution in [2.75, 3.05) is 27.4 Å². The second kappa shape index (κ2) is 15.0. The summed E-state index contributed by atoms with van der Waals surface area (Å²) in [6.45, 7) is -0.149. The van der Waals surface area contributed by atoms with Crippen molar-refractivity contribution in [2.24, 2.45) is 11.5 Å². The maximum Gasteiger partial charge on any atom is 0.338 e. The first-order valence-electron chi connectivity index (χ1n) is 11.4. The van der Waals surface area contributed by atoms with E-state index in [1.165, 1.54) is 12.1 Å². The Kier molecular flexibility index (Phi) is 12.1. The van der Waals surface area contributed by atoms with Crippen LogP contribution >= 0.6 is 23.2 Å². The average molecular weight is 601 g/mol. The van der Waals surface area contributed by atoms with Crippen LogP contribution in [-0.4, -0.2) is 61.3 Å². The number of nitrogens with zero attached hydrogens (tertiary/aromatic N) is 2. The normalized spacial score (nSPS) is 12.4. The maximum atomic E-state index is 11.8. The van der Waals surface area contributed by atoms with Crippen LogP contribution in [0.2, 0.25) is 10.0 Å². The Balaban J connectivity index is 1.93. The minimum Gasteiger partial charge on any atom is -0.490 e. The zero-order chi connectivity index (χ0) is 30.0. The predicted octanol–water partition coefficient (Wildman–Crippen LogP) is 3.83. The number of hydrogen-bond donors (Lipinski definition) is 2. The van der Waals surface area contributed by atoms with Crippen molar-refractivity contribution >= 4 is 46.5 Å². The minimum absolute atomic E-state index is 0.0746. The van der Waals surface area contributed by atoms with E-state index in [-0.39, 0.29) is 45.9 Å². The van der Waals surface area contributed by atoms with Gasteiger partial charge < -0.3 is 30.4 Å². The molecule has 0 aliphatic rings. The first-order valence-corrected chi connectivity index (χ1v) is 12.2. The second-order valence-electron chi connectivity index (χ2n) is 8.20. The lowest BCUT2D eigenvalue weighted by molar-refractivity contribution is -0.384. The summed E-state index contributed by atoms with van der Waals surface area (Å²) in [5, 5.41) is 21.9. The number of ether oxygens (including phenoxy) is 4. The van der Waals surface area contributed by atoms with E-state index in [4.69, 9.17) is 44.1 Å². The Labute approximate surface area is 238 Å². The third kappa shape index (κ3) is 8.77. The van der Waals surface area contributed by atoms with Gasteiger partial charge in [-0.1, -0.05) is 35.4 Å². The largest absolute Gasteiger partial charge is 0.490 e. The molecule has 0 amide bonds. The lowest BCUT2D eigenvalue weighted by atomic mass is 10.1. The molecule has 0 aromatic heterocycles. The molecular weight excluding hydrogens is 575 g/mol. The Hall–Kier alpha value is -3.98. The number of nitrogens with two attached hydrogens (primary N) is 2. The van der Waals surface area contributed by atoms with Gasteiger partial charge in [-0.3, -0.25) is 20.2 Å². The van der Waals surface area contributed by atoms with Gasteiger partial charge in [-0.2, -0.15) is 0 Å². The summed E-state index contributed by atoms with van der Waals surface area (Å²) in [5.74, 6) is -1.78. The SMILES string of the molecule is COC(=O)c1cc(OC[C@@H](N)C/C=C\C[C@H](N)COc2cc(C(=O)OC)cc([N+](=O)[O-])c2Cl)c(Cl)c([N+](=O)[O-])c1. The van der Waals surface area contributed by atoms with Gasteiger partial charge in [0.05, 0.1) is 35.2 Å². The number of nitro benzene ring substituents is 2. The number of esters is 2. The molecule has 0 saturated heterocycles. The Morgan fingerprint density at radius 3 is 1.45 bits per heavy atom. The Morgan fingerprint density at radius 1 is 0.800 bits per heavy atom. The molecule has 0 radical (unpaired) electrons. The molecule has 0 heterocycles. The molecular formula is C24H26Cl2N4O10. The number of benzene rings is 2. The highest BCUT2D eigenvalue weighted by Gasteiger charge is 2.24. The first-order chi connectivity index (χ1) is 18.9. The van der Waals surface area contributed by atoms with Crippen molar-refractivity contribution in [1.29, 1.82) is 0 Å². The summed E-state index contributed by atoms with van der Waals surface area (Å²) in [5.41, 5.74) is 10.8. The van der Waals surface area contributed by atoms with E-state index < -0.39 is 45.2 Å². The molecule has 2 aromatic carbocycles. The number of nitro groups is 2. The van der Waals surface area contributed by atoms with Gasteiger partial charge in [0.2, 0.25) is 0 Å². The number of hydrogen-bond acceptors (Lipinski definition) is 12. The van der Waals surface area contributed by atoms with Crippen LogP contribution in [-0.2, 0) is 9.47 Å². The Morgan fingerprint density at radius 2 is 1.15 bits per heavy atom. The number of carbonyl (C=O) groups is 2. The van der Waals surface area contributed by atoms with Crippen LogP contribution in [0, 0.1) is 20.2 Å². The van der Waals surface area contributed by atoms with Crippen LogP contribution in [0.4, 0.5) is 11.4 Å². The van der Waals surface area contributed by atoms with E-state index >= 15 is 0 Å². The third-order valence-electron chi connectivity index (χ3n) is 5.23. The lowest BCUT2D eigenvalue weighted by Crippen LogP contribution is -2.28. The zero-order valence-electron chi connectivity index (χ0n) is 21.3. The number of methoxy groups -OCH3 is 2. The predicted molar refractivity (Wildman–Crippen MR) is 144 cm³/mol. The molecule has 0 unspecified atom stereocenters. The monoisotopic (exact) mass is 600 g/mol. The Bertz CT molecular complexity index is 1210.